The summed E-state index contributed by atoms with van der Waals surface area (Å²) in [6.45, 7) is 1.67. The van der Waals surface area contributed by atoms with Crippen LogP contribution in [0.1, 0.15) is 19.3 Å². The van der Waals surface area contributed by atoms with Gasteiger partial charge in [-0.1, -0.05) is 11.6 Å². The van der Waals surface area contributed by atoms with Gasteiger partial charge >= 0.3 is 6.03 Å². The third kappa shape index (κ3) is 4.90. The summed E-state index contributed by atoms with van der Waals surface area (Å²) in [5, 5.41) is 13.7. The lowest BCUT2D eigenvalue weighted by atomic mass is 10.1. The monoisotopic (exact) mass is 316 g/mol. The first-order valence-electron chi connectivity index (χ1n) is 6.32. The predicted molar refractivity (Wildman–Crippen MR) is 84.0 cm³/mol. The van der Waals surface area contributed by atoms with E-state index in [1.54, 1.807) is 24.3 Å². The van der Waals surface area contributed by atoms with Crippen LogP contribution in [-0.2, 0) is 0 Å². The second-order valence-electron chi connectivity index (χ2n) is 4.48. The molecule has 2 rings (SSSR count). The van der Waals surface area contributed by atoms with Crippen LogP contribution in [0.15, 0.2) is 24.3 Å². The van der Waals surface area contributed by atoms with E-state index in [-0.39, 0.29) is 18.4 Å². The Kier molecular flexibility index (Phi) is 6.61. The van der Waals surface area contributed by atoms with Gasteiger partial charge in [-0.3, -0.25) is 10.7 Å². The topological polar surface area (TPSA) is 68.2 Å². The molecule has 1 saturated heterocycles. The molecule has 2 amide bonds. The van der Waals surface area contributed by atoms with Crippen molar-refractivity contribution in [2.45, 2.75) is 19.3 Å². The highest BCUT2D eigenvalue weighted by atomic mass is 35.5. The Morgan fingerprint density at radius 2 is 1.75 bits per heavy atom. The smallest absolute Gasteiger partial charge is 0.325 e. The molecule has 5 nitrogen and oxygen atoms in total. The minimum atomic E-state index is -0.405. The SMILES string of the molecule is Cl.N=C(NC(=O)Nc1ccc(Cl)cc1)N1CCCCC1. The van der Waals surface area contributed by atoms with Crippen LogP contribution in [0.25, 0.3) is 0 Å². The normalized spacial score (nSPS) is 14.2. The van der Waals surface area contributed by atoms with E-state index in [2.05, 4.69) is 10.6 Å². The van der Waals surface area contributed by atoms with Crippen molar-refractivity contribution >= 4 is 41.7 Å². The number of rotatable bonds is 1. The van der Waals surface area contributed by atoms with E-state index < -0.39 is 6.03 Å². The Labute approximate surface area is 129 Å². The Balaban J connectivity index is 0.00000200. The highest BCUT2D eigenvalue weighted by Gasteiger charge is 2.15. The average Bonchev–Trinajstić information content (AvgIpc) is 2.42. The number of carbonyl (C=O) groups excluding carboxylic acids is 1. The average molecular weight is 317 g/mol. The maximum Gasteiger partial charge on any atom is 0.325 e. The van der Waals surface area contributed by atoms with Crippen LogP contribution >= 0.6 is 24.0 Å². The molecular formula is C13H18Cl2N4O. The quantitative estimate of drug-likeness (QED) is 0.549. The second-order valence-corrected chi connectivity index (χ2v) is 4.92. The van der Waals surface area contributed by atoms with Crippen molar-refractivity contribution in [1.82, 2.24) is 10.2 Å². The number of hydrogen-bond acceptors (Lipinski definition) is 2. The van der Waals surface area contributed by atoms with E-state index in [0.717, 1.165) is 25.9 Å². The third-order valence-electron chi connectivity index (χ3n) is 3.01. The Morgan fingerprint density at radius 3 is 2.35 bits per heavy atom. The molecular weight excluding hydrogens is 299 g/mol. The first-order valence-corrected chi connectivity index (χ1v) is 6.70. The highest BCUT2D eigenvalue weighted by molar-refractivity contribution is 6.30. The number of carbonyl (C=O) groups is 1. The lowest BCUT2D eigenvalue weighted by Crippen LogP contribution is -2.47. The van der Waals surface area contributed by atoms with E-state index in [1.807, 2.05) is 4.90 Å². The number of amides is 2. The van der Waals surface area contributed by atoms with Crippen LogP contribution < -0.4 is 10.6 Å². The molecule has 1 heterocycles. The number of urea groups is 1. The molecule has 0 saturated carbocycles. The number of likely N-dealkylation sites (tertiary alicyclic amines) is 1. The lowest BCUT2D eigenvalue weighted by Gasteiger charge is -2.28. The fraction of sp³-hybridized carbons (Fsp3) is 0.385. The number of nitrogens with zero attached hydrogens (tertiary/aromatic N) is 1. The van der Waals surface area contributed by atoms with Crippen molar-refractivity contribution < 1.29 is 4.79 Å². The number of halogens is 2. The van der Waals surface area contributed by atoms with Crippen LogP contribution in [0.2, 0.25) is 5.02 Å². The Bertz CT molecular complexity index is 458. The summed E-state index contributed by atoms with van der Waals surface area (Å²) in [6, 6.07) is 6.43. The zero-order valence-corrected chi connectivity index (χ0v) is 12.6. The molecule has 110 valence electrons. The molecule has 1 aliphatic heterocycles. The van der Waals surface area contributed by atoms with Crippen molar-refractivity contribution in [1.29, 1.82) is 5.41 Å². The molecule has 1 aromatic rings. The second kappa shape index (κ2) is 7.97. The molecule has 0 aromatic heterocycles. The molecule has 1 aliphatic rings. The molecule has 1 aromatic carbocycles. The molecule has 20 heavy (non-hydrogen) atoms. The number of hydrogen-bond donors (Lipinski definition) is 3. The van der Waals surface area contributed by atoms with Crippen molar-refractivity contribution in [2.24, 2.45) is 0 Å². The van der Waals surface area contributed by atoms with Crippen molar-refractivity contribution in [3.05, 3.63) is 29.3 Å². The first kappa shape index (κ1) is 16.6. The summed E-state index contributed by atoms with van der Waals surface area (Å²) in [4.78, 5) is 13.6. The minimum Gasteiger partial charge on any atom is -0.343 e. The molecule has 1 fully saturated rings. The van der Waals surface area contributed by atoms with Crippen LogP contribution in [-0.4, -0.2) is 30.0 Å². The molecule has 0 bridgehead atoms. The summed E-state index contributed by atoms with van der Waals surface area (Å²) < 4.78 is 0. The lowest BCUT2D eigenvalue weighted by molar-refractivity contribution is 0.253. The van der Waals surface area contributed by atoms with Gasteiger partial charge in [0.2, 0.25) is 0 Å². The molecule has 0 unspecified atom stereocenters. The van der Waals surface area contributed by atoms with Crippen LogP contribution in [0.5, 0.6) is 0 Å². The first-order chi connectivity index (χ1) is 9.15. The van der Waals surface area contributed by atoms with E-state index in [4.69, 9.17) is 17.0 Å². The molecule has 7 heteroatoms. The molecule has 0 aliphatic carbocycles. The number of anilines is 1. The zero-order chi connectivity index (χ0) is 13.7. The molecule has 0 atom stereocenters. The fourth-order valence-corrected chi connectivity index (χ4v) is 2.13. The minimum absolute atomic E-state index is 0. The summed E-state index contributed by atoms with van der Waals surface area (Å²) in [5.74, 6) is 0.158. The number of guanidine groups is 1. The summed E-state index contributed by atoms with van der Waals surface area (Å²) in [5.41, 5.74) is 0.647. The fourth-order valence-electron chi connectivity index (χ4n) is 2.00. The Morgan fingerprint density at radius 1 is 1.15 bits per heavy atom. The van der Waals surface area contributed by atoms with E-state index >= 15 is 0 Å². The summed E-state index contributed by atoms with van der Waals surface area (Å²) in [6.07, 6.45) is 3.34. The van der Waals surface area contributed by atoms with Gasteiger partial charge < -0.3 is 10.2 Å². The van der Waals surface area contributed by atoms with Gasteiger partial charge in [-0.25, -0.2) is 4.79 Å². The summed E-state index contributed by atoms with van der Waals surface area (Å²) in [7, 11) is 0. The van der Waals surface area contributed by atoms with Crippen molar-refractivity contribution in [3.8, 4) is 0 Å². The maximum absolute atomic E-state index is 11.7. The van der Waals surface area contributed by atoms with E-state index in [9.17, 15) is 4.79 Å². The Hall–Kier alpha value is -1.46. The number of nitrogens with one attached hydrogen (secondary N) is 3. The van der Waals surface area contributed by atoms with Gasteiger partial charge in [0.05, 0.1) is 0 Å². The standard InChI is InChI=1S/C13H17ClN4O.ClH/c14-10-4-6-11(7-5-10)16-13(19)17-12(15)18-8-2-1-3-9-18;/h4-7H,1-3,8-9H2,(H3,15,16,17,19);1H. The van der Waals surface area contributed by atoms with Crippen molar-refractivity contribution in [3.63, 3.8) is 0 Å². The highest BCUT2D eigenvalue weighted by Crippen LogP contribution is 2.13. The largest absolute Gasteiger partial charge is 0.343 e. The maximum atomic E-state index is 11.7. The zero-order valence-electron chi connectivity index (χ0n) is 11.0. The van der Waals surface area contributed by atoms with Gasteiger partial charge in [0.25, 0.3) is 0 Å². The molecule has 3 N–H and O–H groups in total. The number of piperidine rings is 1. The predicted octanol–water partition coefficient (Wildman–Crippen LogP) is 3.30. The van der Waals surface area contributed by atoms with Gasteiger partial charge in [-0.05, 0) is 43.5 Å². The third-order valence-corrected chi connectivity index (χ3v) is 3.26. The van der Waals surface area contributed by atoms with Crippen molar-refractivity contribution in [2.75, 3.05) is 18.4 Å². The van der Waals surface area contributed by atoms with E-state index in [1.165, 1.54) is 6.42 Å². The van der Waals surface area contributed by atoms with Crippen LogP contribution in [0, 0.1) is 5.41 Å². The van der Waals surface area contributed by atoms with E-state index in [0.29, 0.717) is 10.7 Å². The van der Waals surface area contributed by atoms with Gasteiger partial charge in [-0.15, -0.1) is 12.4 Å². The van der Waals surface area contributed by atoms with Gasteiger partial charge in [0, 0.05) is 23.8 Å². The van der Waals surface area contributed by atoms with Crippen LogP contribution in [0.3, 0.4) is 0 Å². The van der Waals surface area contributed by atoms with Gasteiger partial charge in [0.1, 0.15) is 0 Å². The van der Waals surface area contributed by atoms with Crippen LogP contribution in [0.4, 0.5) is 10.5 Å². The van der Waals surface area contributed by atoms with Gasteiger partial charge in [0.15, 0.2) is 5.96 Å². The summed E-state index contributed by atoms with van der Waals surface area (Å²) >= 11 is 5.76. The van der Waals surface area contributed by atoms with Gasteiger partial charge in [-0.2, -0.15) is 0 Å². The molecule has 0 radical (unpaired) electrons. The number of benzene rings is 1. The molecule has 0 spiro atoms.